The fraction of sp³-hybridized carbons (Fsp3) is 0.909. The third-order valence-corrected chi connectivity index (χ3v) is 3.59. The molecule has 0 atom stereocenters. The number of nitrogens with one attached hydrogen (secondary N) is 1. The lowest BCUT2D eigenvalue weighted by Crippen LogP contribution is -2.53. The highest BCUT2D eigenvalue weighted by Gasteiger charge is 2.31. The summed E-state index contributed by atoms with van der Waals surface area (Å²) in [5.41, 5.74) is 0. The molecular formula is C11H20N2O2. The van der Waals surface area contributed by atoms with Crippen LogP contribution in [0.1, 0.15) is 19.3 Å². The van der Waals surface area contributed by atoms with Crippen molar-refractivity contribution in [1.82, 2.24) is 10.2 Å². The zero-order valence-corrected chi connectivity index (χ0v) is 9.11. The van der Waals surface area contributed by atoms with Gasteiger partial charge < -0.3 is 15.3 Å². The minimum atomic E-state index is 0.236. The van der Waals surface area contributed by atoms with Crippen LogP contribution in [0.3, 0.4) is 0 Å². The number of carbonyl (C=O) groups is 1. The van der Waals surface area contributed by atoms with Crippen LogP contribution in [0.25, 0.3) is 0 Å². The Bertz CT molecular complexity index is 221. The molecule has 2 fully saturated rings. The lowest BCUT2D eigenvalue weighted by atomic mass is 9.92. The van der Waals surface area contributed by atoms with E-state index in [0.29, 0.717) is 11.8 Å². The Morgan fingerprint density at radius 3 is 2.47 bits per heavy atom. The third kappa shape index (κ3) is 2.49. The Balaban J connectivity index is 1.74. The highest BCUT2D eigenvalue weighted by Crippen LogP contribution is 2.21. The number of hydrogen-bond donors (Lipinski definition) is 2. The van der Waals surface area contributed by atoms with Gasteiger partial charge in [-0.05, 0) is 25.2 Å². The van der Waals surface area contributed by atoms with Gasteiger partial charge in [0.1, 0.15) is 0 Å². The van der Waals surface area contributed by atoms with Crippen LogP contribution in [0.5, 0.6) is 0 Å². The van der Waals surface area contributed by atoms with Crippen molar-refractivity contribution in [1.29, 1.82) is 0 Å². The van der Waals surface area contributed by atoms with Crippen LogP contribution in [0.15, 0.2) is 0 Å². The molecule has 1 amide bonds. The molecule has 2 aliphatic rings. The smallest absolute Gasteiger partial charge is 0.228 e. The van der Waals surface area contributed by atoms with Crippen LogP contribution in [0.2, 0.25) is 0 Å². The maximum atomic E-state index is 11.9. The molecule has 2 saturated heterocycles. The van der Waals surface area contributed by atoms with E-state index in [2.05, 4.69) is 5.32 Å². The molecule has 2 rings (SSSR count). The van der Waals surface area contributed by atoms with Gasteiger partial charge in [-0.25, -0.2) is 0 Å². The third-order valence-electron chi connectivity index (χ3n) is 3.59. The monoisotopic (exact) mass is 212 g/mol. The summed E-state index contributed by atoms with van der Waals surface area (Å²) in [5.74, 6) is 1.19. The molecule has 4 nitrogen and oxygen atoms in total. The molecule has 0 aromatic rings. The normalized spacial score (nSPS) is 23.9. The van der Waals surface area contributed by atoms with Crippen molar-refractivity contribution in [3.63, 3.8) is 0 Å². The Morgan fingerprint density at radius 2 is 2.00 bits per heavy atom. The van der Waals surface area contributed by atoms with Crippen molar-refractivity contribution in [3.05, 3.63) is 0 Å². The van der Waals surface area contributed by atoms with E-state index in [0.717, 1.165) is 45.4 Å². The van der Waals surface area contributed by atoms with Crippen LogP contribution in [-0.2, 0) is 4.79 Å². The molecule has 4 heteroatoms. The lowest BCUT2D eigenvalue weighted by Gasteiger charge is -2.36. The Kier molecular flexibility index (Phi) is 3.59. The van der Waals surface area contributed by atoms with Gasteiger partial charge in [0.15, 0.2) is 0 Å². The van der Waals surface area contributed by atoms with E-state index in [4.69, 9.17) is 5.11 Å². The van der Waals surface area contributed by atoms with Gasteiger partial charge in [-0.2, -0.15) is 0 Å². The van der Waals surface area contributed by atoms with Gasteiger partial charge in [0.2, 0.25) is 5.91 Å². The average molecular weight is 212 g/mol. The second-order valence-electron chi connectivity index (χ2n) is 4.64. The molecule has 0 unspecified atom stereocenters. The topological polar surface area (TPSA) is 52.6 Å². The van der Waals surface area contributed by atoms with E-state index in [1.54, 1.807) is 0 Å². The first-order valence-corrected chi connectivity index (χ1v) is 5.91. The molecule has 2 heterocycles. The molecule has 0 aliphatic carbocycles. The van der Waals surface area contributed by atoms with E-state index < -0.39 is 0 Å². The molecule has 0 spiro atoms. The van der Waals surface area contributed by atoms with Gasteiger partial charge in [-0.15, -0.1) is 0 Å². The average Bonchev–Trinajstić information content (AvgIpc) is 2.16. The first kappa shape index (κ1) is 10.9. The highest BCUT2D eigenvalue weighted by atomic mass is 16.3. The first-order valence-electron chi connectivity index (χ1n) is 5.91. The molecule has 15 heavy (non-hydrogen) atoms. The Morgan fingerprint density at radius 1 is 1.33 bits per heavy atom. The summed E-state index contributed by atoms with van der Waals surface area (Å²) in [6, 6.07) is 0. The number of aliphatic hydroxyl groups excluding tert-OH is 1. The van der Waals surface area contributed by atoms with E-state index >= 15 is 0 Å². The van der Waals surface area contributed by atoms with Crippen molar-refractivity contribution < 1.29 is 9.90 Å². The second-order valence-corrected chi connectivity index (χ2v) is 4.64. The zero-order valence-electron chi connectivity index (χ0n) is 9.11. The van der Waals surface area contributed by atoms with E-state index in [9.17, 15) is 4.79 Å². The van der Waals surface area contributed by atoms with Gasteiger partial charge >= 0.3 is 0 Å². The molecule has 0 radical (unpaired) electrons. The number of nitrogens with zero attached hydrogens (tertiary/aromatic N) is 1. The van der Waals surface area contributed by atoms with Crippen molar-refractivity contribution in [2.24, 2.45) is 11.8 Å². The number of amides is 1. The van der Waals surface area contributed by atoms with Gasteiger partial charge in [0.25, 0.3) is 0 Å². The minimum Gasteiger partial charge on any atom is -0.396 e. The molecule has 2 N–H and O–H groups in total. The van der Waals surface area contributed by atoms with E-state index in [1.165, 1.54) is 0 Å². The number of piperidine rings is 1. The molecule has 0 bridgehead atoms. The fourth-order valence-electron chi connectivity index (χ4n) is 2.35. The minimum absolute atomic E-state index is 0.236. The molecule has 86 valence electrons. The summed E-state index contributed by atoms with van der Waals surface area (Å²) < 4.78 is 0. The standard InChI is InChI=1S/C11H20N2O2/c14-6-3-9-1-4-13(5-2-9)11(15)10-7-12-8-10/h9-10,12,14H,1-8H2. The summed E-state index contributed by atoms with van der Waals surface area (Å²) >= 11 is 0. The van der Waals surface area contributed by atoms with Crippen molar-refractivity contribution >= 4 is 5.91 Å². The second kappa shape index (κ2) is 4.94. The van der Waals surface area contributed by atoms with Crippen LogP contribution >= 0.6 is 0 Å². The predicted octanol–water partition coefficient (Wildman–Crippen LogP) is -0.173. The summed E-state index contributed by atoms with van der Waals surface area (Å²) in [6.45, 7) is 3.77. The summed E-state index contributed by atoms with van der Waals surface area (Å²) in [4.78, 5) is 13.9. The van der Waals surface area contributed by atoms with Gasteiger partial charge in [-0.3, -0.25) is 4.79 Å². The zero-order chi connectivity index (χ0) is 10.7. The van der Waals surface area contributed by atoms with Gasteiger partial charge in [0.05, 0.1) is 5.92 Å². The highest BCUT2D eigenvalue weighted by molar-refractivity contribution is 5.80. The maximum Gasteiger partial charge on any atom is 0.228 e. The van der Waals surface area contributed by atoms with Crippen LogP contribution in [0, 0.1) is 11.8 Å². The number of likely N-dealkylation sites (tertiary alicyclic amines) is 1. The van der Waals surface area contributed by atoms with Gasteiger partial charge in [0, 0.05) is 32.8 Å². The largest absolute Gasteiger partial charge is 0.396 e. The van der Waals surface area contributed by atoms with Crippen LogP contribution in [-0.4, -0.2) is 48.7 Å². The molecular weight excluding hydrogens is 192 g/mol. The van der Waals surface area contributed by atoms with Crippen LogP contribution < -0.4 is 5.32 Å². The fourth-order valence-corrected chi connectivity index (χ4v) is 2.35. The Hall–Kier alpha value is -0.610. The molecule has 2 aliphatic heterocycles. The first-order chi connectivity index (χ1) is 7.31. The van der Waals surface area contributed by atoms with Crippen molar-refractivity contribution in [2.45, 2.75) is 19.3 Å². The predicted molar refractivity (Wildman–Crippen MR) is 57.4 cm³/mol. The quantitative estimate of drug-likeness (QED) is 0.683. The summed E-state index contributed by atoms with van der Waals surface area (Å²) in [5, 5.41) is 12.0. The molecule has 0 aromatic heterocycles. The molecule has 0 saturated carbocycles. The maximum absolute atomic E-state index is 11.9. The van der Waals surface area contributed by atoms with E-state index in [-0.39, 0.29) is 12.5 Å². The number of hydrogen-bond acceptors (Lipinski definition) is 3. The van der Waals surface area contributed by atoms with Crippen molar-refractivity contribution in [3.8, 4) is 0 Å². The Labute approximate surface area is 90.6 Å². The number of rotatable bonds is 3. The van der Waals surface area contributed by atoms with Crippen molar-refractivity contribution in [2.75, 3.05) is 32.8 Å². The lowest BCUT2D eigenvalue weighted by molar-refractivity contribution is -0.138. The van der Waals surface area contributed by atoms with E-state index in [1.807, 2.05) is 4.90 Å². The summed E-state index contributed by atoms with van der Waals surface area (Å²) in [7, 11) is 0. The number of aliphatic hydroxyl groups is 1. The van der Waals surface area contributed by atoms with Crippen LogP contribution in [0.4, 0.5) is 0 Å². The van der Waals surface area contributed by atoms with Gasteiger partial charge in [-0.1, -0.05) is 0 Å². The number of carbonyl (C=O) groups excluding carboxylic acids is 1. The SMILES string of the molecule is O=C(C1CNC1)N1CCC(CCO)CC1. The summed E-state index contributed by atoms with van der Waals surface area (Å²) in [6.07, 6.45) is 3.02. The molecule has 0 aromatic carbocycles.